The van der Waals surface area contributed by atoms with Crippen molar-refractivity contribution in [3.63, 3.8) is 0 Å². The summed E-state index contributed by atoms with van der Waals surface area (Å²) in [6.45, 7) is 1.28. The molecule has 1 unspecified atom stereocenters. The van der Waals surface area contributed by atoms with E-state index in [4.69, 9.17) is 14.2 Å². The number of rotatable bonds is 5. The fraction of sp³-hybridized carbons (Fsp3) is 0.333. The van der Waals surface area contributed by atoms with E-state index >= 15 is 0 Å². The molecule has 1 aliphatic heterocycles. The molecule has 0 radical (unpaired) electrons. The van der Waals surface area contributed by atoms with Crippen molar-refractivity contribution in [1.29, 1.82) is 0 Å². The smallest absolute Gasteiger partial charge is 0.200 e. The molecular formula is C18H21NO4. The van der Waals surface area contributed by atoms with Crippen LogP contribution in [0.25, 0.3) is 0 Å². The van der Waals surface area contributed by atoms with Crippen LogP contribution in [0.15, 0.2) is 36.4 Å². The summed E-state index contributed by atoms with van der Waals surface area (Å²) in [7, 11) is 3.05. The molecule has 1 aliphatic rings. The predicted molar refractivity (Wildman–Crippen MR) is 87.5 cm³/mol. The number of fused-ring (bicyclic) bond motifs is 1. The number of ether oxygens (including phenoxy) is 3. The first-order valence-electron chi connectivity index (χ1n) is 7.59. The lowest BCUT2D eigenvalue weighted by Gasteiger charge is -2.26. The lowest BCUT2D eigenvalue weighted by atomic mass is 10.0. The minimum Gasteiger partial charge on any atom is -0.502 e. The second-order valence-corrected chi connectivity index (χ2v) is 5.55. The van der Waals surface area contributed by atoms with E-state index in [0.29, 0.717) is 24.7 Å². The SMILES string of the molecule is COc1cc(CNC2COc3ccccc3C2)cc(OC)c1O. The largest absolute Gasteiger partial charge is 0.502 e. The highest BCUT2D eigenvalue weighted by Crippen LogP contribution is 2.37. The first-order valence-corrected chi connectivity index (χ1v) is 7.59. The second-order valence-electron chi connectivity index (χ2n) is 5.55. The fourth-order valence-electron chi connectivity index (χ4n) is 2.77. The van der Waals surface area contributed by atoms with Gasteiger partial charge in [-0.15, -0.1) is 0 Å². The number of aromatic hydroxyl groups is 1. The molecule has 2 aromatic carbocycles. The molecule has 5 heteroatoms. The van der Waals surface area contributed by atoms with Gasteiger partial charge in [-0.25, -0.2) is 0 Å². The summed E-state index contributed by atoms with van der Waals surface area (Å²) in [4.78, 5) is 0. The van der Waals surface area contributed by atoms with Crippen LogP contribution in [-0.2, 0) is 13.0 Å². The van der Waals surface area contributed by atoms with Crippen LogP contribution in [0, 0.1) is 0 Å². The van der Waals surface area contributed by atoms with E-state index in [0.717, 1.165) is 17.7 Å². The van der Waals surface area contributed by atoms with E-state index < -0.39 is 0 Å². The van der Waals surface area contributed by atoms with Crippen molar-refractivity contribution in [2.75, 3.05) is 20.8 Å². The maximum Gasteiger partial charge on any atom is 0.200 e. The summed E-state index contributed by atoms with van der Waals surface area (Å²) in [6, 6.07) is 12.0. The molecule has 0 bridgehead atoms. The van der Waals surface area contributed by atoms with E-state index in [2.05, 4.69) is 11.4 Å². The van der Waals surface area contributed by atoms with Gasteiger partial charge in [0.2, 0.25) is 5.75 Å². The Morgan fingerprint density at radius 1 is 1.17 bits per heavy atom. The van der Waals surface area contributed by atoms with Crippen molar-refractivity contribution < 1.29 is 19.3 Å². The Hall–Kier alpha value is -2.40. The number of hydrogen-bond donors (Lipinski definition) is 2. The van der Waals surface area contributed by atoms with E-state index in [1.807, 2.05) is 30.3 Å². The van der Waals surface area contributed by atoms with Gasteiger partial charge in [0.15, 0.2) is 11.5 Å². The van der Waals surface area contributed by atoms with Gasteiger partial charge in [0, 0.05) is 12.6 Å². The zero-order valence-corrected chi connectivity index (χ0v) is 13.3. The predicted octanol–water partition coefficient (Wildman–Crippen LogP) is 2.50. The van der Waals surface area contributed by atoms with Crippen molar-refractivity contribution >= 4 is 0 Å². The Bertz CT molecular complexity index is 661. The van der Waals surface area contributed by atoms with Gasteiger partial charge in [-0.05, 0) is 35.7 Å². The van der Waals surface area contributed by atoms with Crippen LogP contribution in [0.2, 0.25) is 0 Å². The fourth-order valence-corrected chi connectivity index (χ4v) is 2.77. The Labute approximate surface area is 135 Å². The normalized spacial score (nSPS) is 16.3. The highest BCUT2D eigenvalue weighted by atomic mass is 16.5. The Morgan fingerprint density at radius 3 is 2.57 bits per heavy atom. The highest BCUT2D eigenvalue weighted by molar-refractivity contribution is 5.52. The molecule has 3 rings (SSSR count). The summed E-state index contributed by atoms with van der Waals surface area (Å²) in [5.74, 6) is 1.81. The van der Waals surface area contributed by atoms with Crippen LogP contribution in [-0.4, -0.2) is 32.0 Å². The molecule has 1 atom stereocenters. The zero-order chi connectivity index (χ0) is 16.2. The molecular weight excluding hydrogens is 294 g/mol. The monoisotopic (exact) mass is 315 g/mol. The van der Waals surface area contributed by atoms with Gasteiger partial charge < -0.3 is 24.6 Å². The lowest BCUT2D eigenvalue weighted by molar-refractivity contribution is 0.238. The topological polar surface area (TPSA) is 60.0 Å². The van der Waals surface area contributed by atoms with Crippen LogP contribution < -0.4 is 19.5 Å². The minimum atomic E-state index is 0.0219. The molecule has 2 N–H and O–H groups in total. The summed E-state index contributed by atoms with van der Waals surface area (Å²) in [6.07, 6.45) is 0.933. The number of benzene rings is 2. The average Bonchev–Trinajstić information content (AvgIpc) is 2.60. The molecule has 122 valence electrons. The summed E-state index contributed by atoms with van der Waals surface area (Å²) in [5.41, 5.74) is 2.20. The molecule has 0 aromatic heterocycles. The van der Waals surface area contributed by atoms with Crippen molar-refractivity contribution in [3.05, 3.63) is 47.5 Å². The molecule has 2 aromatic rings. The third-order valence-corrected chi connectivity index (χ3v) is 4.01. The van der Waals surface area contributed by atoms with Gasteiger partial charge in [-0.2, -0.15) is 0 Å². The maximum absolute atomic E-state index is 9.95. The minimum absolute atomic E-state index is 0.0219. The van der Waals surface area contributed by atoms with Gasteiger partial charge in [0.05, 0.1) is 14.2 Å². The van der Waals surface area contributed by atoms with Crippen molar-refractivity contribution in [3.8, 4) is 23.0 Å². The molecule has 23 heavy (non-hydrogen) atoms. The summed E-state index contributed by atoms with van der Waals surface area (Å²) < 4.78 is 16.1. The molecule has 0 spiro atoms. The van der Waals surface area contributed by atoms with Crippen LogP contribution in [0.5, 0.6) is 23.0 Å². The van der Waals surface area contributed by atoms with Crippen LogP contribution in [0.1, 0.15) is 11.1 Å². The third-order valence-electron chi connectivity index (χ3n) is 4.01. The van der Waals surface area contributed by atoms with Crippen LogP contribution >= 0.6 is 0 Å². The zero-order valence-electron chi connectivity index (χ0n) is 13.3. The van der Waals surface area contributed by atoms with Gasteiger partial charge in [-0.1, -0.05) is 18.2 Å². The van der Waals surface area contributed by atoms with Crippen LogP contribution in [0.3, 0.4) is 0 Å². The average molecular weight is 315 g/mol. The second kappa shape index (κ2) is 6.79. The van der Waals surface area contributed by atoms with Gasteiger partial charge in [0.1, 0.15) is 12.4 Å². The molecule has 5 nitrogen and oxygen atoms in total. The van der Waals surface area contributed by atoms with Gasteiger partial charge >= 0.3 is 0 Å². The van der Waals surface area contributed by atoms with Crippen molar-refractivity contribution in [2.45, 2.75) is 19.0 Å². The Kier molecular flexibility index (Phi) is 4.57. The first kappa shape index (κ1) is 15.5. The summed E-state index contributed by atoms with van der Waals surface area (Å²) in [5, 5.41) is 13.4. The van der Waals surface area contributed by atoms with Crippen LogP contribution in [0.4, 0.5) is 0 Å². The van der Waals surface area contributed by atoms with E-state index in [9.17, 15) is 5.11 Å². The van der Waals surface area contributed by atoms with Crippen molar-refractivity contribution in [1.82, 2.24) is 5.32 Å². The van der Waals surface area contributed by atoms with E-state index in [-0.39, 0.29) is 11.8 Å². The molecule has 0 amide bonds. The van der Waals surface area contributed by atoms with E-state index in [1.165, 1.54) is 19.8 Å². The van der Waals surface area contributed by atoms with Gasteiger partial charge in [0.25, 0.3) is 0 Å². The Morgan fingerprint density at radius 2 is 1.87 bits per heavy atom. The van der Waals surface area contributed by atoms with E-state index in [1.54, 1.807) is 0 Å². The number of methoxy groups -OCH3 is 2. The highest BCUT2D eigenvalue weighted by Gasteiger charge is 2.19. The summed E-state index contributed by atoms with van der Waals surface area (Å²) >= 11 is 0. The number of phenolic OH excluding ortho intramolecular Hbond substituents is 1. The Balaban J connectivity index is 1.67. The number of hydrogen-bond acceptors (Lipinski definition) is 5. The number of para-hydroxylation sites is 1. The third kappa shape index (κ3) is 3.35. The number of phenols is 1. The lowest BCUT2D eigenvalue weighted by Crippen LogP contribution is -2.38. The molecule has 0 fully saturated rings. The maximum atomic E-state index is 9.95. The standard InChI is InChI=1S/C18H21NO4/c1-21-16-7-12(8-17(22-2)18(16)20)10-19-14-9-13-5-3-4-6-15(13)23-11-14/h3-8,14,19-20H,9-11H2,1-2H3. The first-order chi connectivity index (χ1) is 11.2. The molecule has 0 saturated carbocycles. The quantitative estimate of drug-likeness (QED) is 0.888. The molecule has 0 aliphatic carbocycles. The van der Waals surface area contributed by atoms with Crippen molar-refractivity contribution in [2.24, 2.45) is 0 Å². The van der Waals surface area contributed by atoms with Gasteiger partial charge in [-0.3, -0.25) is 0 Å². The molecule has 1 heterocycles. The molecule has 0 saturated heterocycles. The number of nitrogens with one attached hydrogen (secondary N) is 1.